The highest BCUT2D eigenvalue weighted by Gasteiger charge is 2.36. The molecule has 4 heteroatoms. The molecule has 7 aromatic rings. The Labute approximate surface area is 270 Å². The lowest BCUT2D eigenvalue weighted by Gasteiger charge is -2.26. The molecule has 1 heterocycles. The average Bonchev–Trinajstić information content (AvgIpc) is 3.52. The van der Waals surface area contributed by atoms with Gasteiger partial charge in [-0.15, -0.1) is 0 Å². The van der Waals surface area contributed by atoms with Crippen molar-refractivity contribution >= 4 is 28.0 Å². The second kappa shape index (κ2) is 11.3. The first kappa shape index (κ1) is 28.2. The van der Waals surface area contributed by atoms with Crippen molar-refractivity contribution in [3.05, 3.63) is 168 Å². The molecule has 224 valence electrons. The number of benzene rings is 6. The number of hydrogen-bond acceptors (Lipinski definition) is 3. The van der Waals surface area contributed by atoms with Crippen molar-refractivity contribution in [1.82, 2.24) is 9.58 Å². The lowest BCUT2D eigenvalue weighted by molar-refractivity contribution is 0.165. The highest BCUT2D eigenvalue weighted by molar-refractivity contribution is 6.11. The van der Waals surface area contributed by atoms with E-state index in [-0.39, 0.29) is 11.6 Å². The molecule has 46 heavy (non-hydrogen) atoms. The maximum absolute atomic E-state index is 7.04. The molecular weight excluding hydrogens is 560 g/mol. The maximum atomic E-state index is 7.04. The molecule has 1 atom stereocenters. The third-order valence-corrected chi connectivity index (χ3v) is 9.56. The lowest BCUT2D eigenvalue weighted by Crippen LogP contribution is -2.36. The monoisotopic (exact) mass is 596 g/mol. The summed E-state index contributed by atoms with van der Waals surface area (Å²) in [6.45, 7) is 5.14. The molecule has 1 aromatic heterocycles. The summed E-state index contributed by atoms with van der Waals surface area (Å²) in [5, 5.41) is 4.32. The molecule has 4 nitrogen and oxygen atoms in total. The van der Waals surface area contributed by atoms with Crippen molar-refractivity contribution in [3.63, 3.8) is 0 Å². The second-order valence-electron chi connectivity index (χ2n) is 12.7. The van der Waals surface area contributed by atoms with E-state index >= 15 is 0 Å². The van der Waals surface area contributed by atoms with Gasteiger partial charge in [0.1, 0.15) is 6.17 Å². The Hall–Kier alpha value is -5.29. The molecule has 8 rings (SSSR count). The predicted molar refractivity (Wildman–Crippen MR) is 192 cm³/mol. The summed E-state index contributed by atoms with van der Waals surface area (Å²) in [6.07, 6.45) is 1.55. The molecule has 1 aliphatic carbocycles. The fourth-order valence-electron chi connectivity index (χ4n) is 7.18. The predicted octanol–water partition coefficient (Wildman–Crippen LogP) is 9.72. The van der Waals surface area contributed by atoms with E-state index in [9.17, 15) is 0 Å². The maximum Gasteiger partial charge on any atom is 0.141 e. The number of fused-ring (bicyclic) bond motifs is 6. The molecule has 0 bridgehead atoms. The Balaban J connectivity index is 1.30. The van der Waals surface area contributed by atoms with E-state index in [1.54, 1.807) is 0 Å². The van der Waals surface area contributed by atoms with Crippen molar-refractivity contribution in [1.29, 1.82) is 0 Å². The summed E-state index contributed by atoms with van der Waals surface area (Å²) < 4.78 is 2.36. The summed E-state index contributed by atoms with van der Waals surface area (Å²) in [4.78, 5) is 5.03. The van der Waals surface area contributed by atoms with Crippen LogP contribution in [0.5, 0.6) is 0 Å². The van der Waals surface area contributed by atoms with Crippen molar-refractivity contribution in [2.45, 2.75) is 32.1 Å². The smallest absolute Gasteiger partial charge is 0.141 e. The van der Waals surface area contributed by atoms with E-state index in [1.807, 2.05) is 47.6 Å². The Morgan fingerprint density at radius 3 is 2.07 bits per heavy atom. The molecule has 0 saturated carbocycles. The van der Waals surface area contributed by atoms with E-state index in [1.165, 1.54) is 49.7 Å². The Kier molecular flexibility index (Phi) is 6.90. The molecule has 1 aliphatic rings. The zero-order chi connectivity index (χ0) is 31.3. The molecule has 2 N–H and O–H groups in total. The van der Waals surface area contributed by atoms with Crippen LogP contribution in [0.25, 0.3) is 44.1 Å². The standard InChI is InChI=1S/C42H36N4/c1-42(2)37-21-13-12-20-33(37)34-26-40-36(25-38(34)42)35-24-32(30-16-8-4-9-17-30)22-23-39(35)45(40)28-46(43)41(31-18-10-5-11-19-31)44-27-29-14-6-3-7-15-29/h3-27,41H,28,43H2,1-2H3. The van der Waals surface area contributed by atoms with Crippen LogP contribution in [-0.4, -0.2) is 15.8 Å². The van der Waals surface area contributed by atoms with E-state index in [2.05, 4.69) is 128 Å². The molecule has 6 aromatic carbocycles. The lowest BCUT2D eigenvalue weighted by atomic mass is 9.82. The average molecular weight is 597 g/mol. The number of nitrogens with zero attached hydrogens (tertiary/aromatic N) is 3. The number of nitrogens with two attached hydrogens (primary N) is 1. The highest BCUT2D eigenvalue weighted by atomic mass is 15.5. The Morgan fingerprint density at radius 1 is 0.652 bits per heavy atom. The largest absolute Gasteiger partial charge is 0.325 e. The van der Waals surface area contributed by atoms with Crippen molar-refractivity contribution in [2.75, 3.05) is 0 Å². The van der Waals surface area contributed by atoms with Gasteiger partial charge in [-0.1, -0.05) is 135 Å². The first-order valence-electron chi connectivity index (χ1n) is 15.9. The van der Waals surface area contributed by atoms with Crippen LogP contribution in [0.1, 0.15) is 42.3 Å². The minimum Gasteiger partial charge on any atom is -0.325 e. The third-order valence-electron chi connectivity index (χ3n) is 9.56. The molecule has 0 saturated heterocycles. The molecular formula is C42H36N4. The molecule has 1 unspecified atom stereocenters. The summed E-state index contributed by atoms with van der Waals surface area (Å²) in [5.74, 6) is 7.04. The molecule has 0 spiro atoms. The van der Waals surface area contributed by atoms with Crippen molar-refractivity contribution in [3.8, 4) is 22.3 Å². The SMILES string of the molecule is CC1(C)c2ccccc2-c2cc3c(cc21)c1cc(-c2ccccc2)ccc1n3CN(N)C(N=Cc1ccccc1)c1ccccc1. The minimum atomic E-state index is -0.369. The minimum absolute atomic E-state index is 0.0873. The number of aromatic nitrogens is 1. The highest BCUT2D eigenvalue weighted by Crippen LogP contribution is 2.50. The van der Waals surface area contributed by atoms with E-state index < -0.39 is 0 Å². The van der Waals surface area contributed by atoms with Gasteiger partial charge in [-0.25, -0.2) is 0 Å². The van der Waals surface area contributed by atoms with Gasteiger partial charge in [0.25, 0.3) is 0 Å². The molecule has 0 amide bonds. The van der Waals surface area contributed by atoms with E-state index in [0.717, 1.165) is 16.6 Å². The van der Waals surface area contributed by atoms with Crippen LogP contribution >= 0.6 is 0 Å². The van der Waals surface area contributed by atoms with Crippen molar-refractivity contribution < 1.29 is 0 Å². The quantitative estimate of drug-likeness (QED) is 0.113. The summed E-state index contributed by atoms with van der Waals surface area (Å²) in [6, 6.07) is 51.6. The van der Waals surface area contributed by atoms with Gasteiger partial charge in [0.05, 0.1) is 17.7 Å². The van der Waals surface area contributed by atoms with Gasteiger partial charge in [-0.3, -0.25) is 10.8 Å². The Bertz CT molecular complexity index is 2210. The van der Waals surface area contributed by atoms with Gasteiger partial charge in [-0.2, -0.15) is 5.01 Å². The fraction of sp³-hybridized carbons (Fsp3) is 0.119. The summed E-state index contributed by atoms with van der Waals surface area (Å²) >= 11 is 0. The van der Waals surface area contributed by atoms with Gasteiger partial charge in [-0.05, 0) is 68.8 Å². The van der Waals surface area contributed by atoms with Crippen LogP contribution in [0.3, 0.4) is 0 Å². The number of rotatable bonds is 7. The zero-order valence-corrected chi connectivity index (χ0v) is 26.1. The number of hydrazine groups is 1. The van der Waals surface area contributed by atoms with Crippen molar-refractivity contribution in [2.24, 2.45) is 10.8 Å². The van der Waals surface area contributed by atoms with Crippen LogP contribution in [0.4, 0.5) is 0 Å². The number of aliphatic imine (C=N–C) groups is 1. The van der Waals surface area contributed by atoms with Gasteiger partial charge in [0.15, 0.2) is 0 Å². The molecule has 0 aliphatic heterocycles. The topological polar surface area (TPSA) is 46.5 Å². The third kappa shape index (κ3) is 4.74. The first-order chi connectivity index (χ1) is 22.5. The normalized spacial score (nSPS) is 14.3. The van der Waals surface area contributed by atoms with Crippen LogP contribution in [0.2, 0.25) is 0 Å². The second-order valence-corrected chi connectivity index (χ2v) is 12.7. The van der Waals surface area contributed by atoms with Gasteiger partial charge < -0.3 is 4.57 Å². The van der Waals surface area contributed by atoms with E-state index in [0.29, 0.717) is 6.67 Å². The summed E-state index contributed by atoms with van der Waals surface area (Å²) in [5.41, 5.74) is 12.1. The Morgan fingerprint density at radius 2 is 1.30 bits per heavy atom. The van der Waals surface area contributed by atoms with Gasteiger partial charge in [0, 0.05) is 22.4 Å². The molecule has 0 fully saturated rings. The zero-order valence-electron chi connectivity index (χ0n) is 26.1. The summed E-state index contributed by atoms with van der Waals surface area (Å²) in [7, 11) is 0. The van der Waals surface area contributed by atoms with Crippen LogP contribution in [0.15, 0.2) is 151 Å². The molecule has 0 radical (unpaired) electrons. The van der Waals surface area contributed by atoms with Gasteiger partial charge >= 0.3 is 0 Å². The number of hydrogen-bond donors (Lipinski definition) is 1. The van der Waals surface area contributed by atoms with E-state index in [4.69, 9.17) is 10.8 Å². The van der Waals surface area contributed by atoms with Crippen LogP contribution in [-0.2, 0) is 12.1 Å². The van der Waals surface area contributed by atoms with Crippen LogP contribution in [0, 0.1) is 0 Å². The van der Waals surface area contributed by atoms with Gasteiger partial charge in [0.2, 0.25) is 0 Å². The fourth-order valence-corrected chi connectivity index (χ4v) is 7.18. The van der Waals surface area contributed by atoms with Crippen LogP contribution < -0.4 is 5.84 Å². The first-order valence-corrected chi connectivity index (χ1v) is 15.9.